The first-order valence-corrected chi connectivity index (χ1v) is 6.36. The standard InChI is InChI=1S/C14H20FN3O/c1-14(2)9-19-7-6-18(14)8-10-4-3-5-11(12(10)15)13(16)17/h3-5H,6-9H2,1-2H3,(H3,16,17). The number of rotatable bonds is 3. The van der Waals surface area contributed by atoms with Gasteiger partial charge in [-0.3, -0.25) is 10.3 Å². The minimum absolute atomic E-state index is 0.114. The summed E-state index contributed by atoms with van der Waals surface area (Å²) >= 11 is 0. The van der Waals surface area contributed by atoms with Crippen LogP contribution < -0.4 is 5.73 Å². The summed E-state index contributed by atoms with van der Waals surface area (Å²) in [7, 11) is 0. The molecule has 2 rings (SSSR count). The van der Waals surface area contributed by atoms with Crippen molar-refractivity contribution in [3.05, 3.63) is 35.1 Å². The molecule has 0 radical (unpaired) electrons. The van der Waals surface area contributed by atoms with Gasteiger partial charge in [0.1, 0.15) is 11.7 Å². The van der Waals surface area contributed by atoms with Crippen molar-refractivity contribution in [1.82, 2.24) is 4.90 Å². The Morgan fingerprint density at radius 1 is 1.53 bits per heavy atom. The van der Waals surface area contributed by atoms with E-state index in [0.29, 0.717) is 25.3 Å². The Labute approximate surface area is 112 Å². The highest BCUT2D eigenvalue weighted by molar-refractivity contribution is 5.95. The number of hydrogen-bond acceptors (Lipinski definition) is 3. The fraction of sp³-hybridized carbons (Fsp3) is 0.500. The summed E-state index contributed by atoms with van der Waals surface area (Å²) in [6.45, 7) is 6.75. The summed E-state index contributed by atoms with van der Waals surface area (Å²) in [5, 5.41) is 7.37. The van der Waals surface area contributed by atoms with Gasteiger partial charge in [0.2, 0.25) is 0 Å². The topological polar surface area (TPSA) is 62.3 Å². The summed E-state index contributed by atoms with van der Waals surface area (Å²) in [6, 6.07) is 5.02. The predicted molar refractivity (Wildman–Crippen MR) is 72.7 cm³/mol. The molecule has 4 nitrogen and oxygen atoms in total. The maximum Gasteiger partial charge on any atom is 0.138 e. The molecule has 1 aliphatic heterocycles. The van der Waals surface area contributed by atoms with Crippen molar-refractivity contribution in [2.45, 2.75) is 25.9 Å². The van der Waals surface area contributed by atoms with Crippen LogP contribution in [0.25, 0.3) is 0 Å². The molecule has 1 fully saturated rings. The van der Waals surface area contributed by atoms with Crippen molar-refractivity contribution in [2.75, 3.05) is 19.8 Å². The van der Waals surface area contributed by atoms with Crippen LogP contribution in [0.4, 0.5) is 4.39 Å². The molecular formula is C14H20FN3O. The molecular weight excluding hydrogens is 245 g/mol. The van der Waals surface area contributed by atoms with Gasteiger partial charge < -0.3 is 10.5 Å². The second kappa shape index (κ2) is 5.27. The molecule has 0 spiro atoms. The van der Waals surface area contributed by atoms with E-state index in [9.17, 15) is 4.39 Å². The summed E-state index contributed by atoms with van der Waals surface area (Å²) in [5.74, 6) is -0.627. The Kier molecular flexibility index (Phi) is 3.87. The molecule has 1 saturated heterocycles. The van der Waals surface area contributed by atoms with E-state index in [-0.39, 0.29) is 16.9 Å². The van der Waals surface area contributed by atoms with Gasteiger partial charge in [0.25, 0.3) is 0 Å². The largest absolute Gasteiger partial charge is 0.384 e. The molecule has 1 heterocycles. The number of nitrogens with one attached hydrogen (secondary N) is 1. The molecule has 0 aliphatic carbocycles. The van der Waals surface area contributed by atoms with Crippen LogP contribution in [-0.2, 0) is 11.3 Å². The van der Waals surface area contributed by atoms with E-state index in [1.54, 1.807) is 12.1 Å². The van der Waals surface area contributed by atoms with Crippen LogP contribution in [0.2, 0.25) is 0 Å². The highest BCUT2D eigenvalue weighted by atomic mass is 19.1. The van der Waals surface area contributed by atoms with Crippen molar-refractivity contribution in [3.63, 3.8) is 0 Å². The first-order valence-electron chi connectivity index (χ1n) is 6.36. The SMILES string of the molecule is CC1(C)COCCN1Cc1cccc(C(=N)N)c1F. The van der Waals surface area contributed by atoms with E-state index in [4.69, 9.17) is 15.9 Å². The van der Waals surface area contributed by atoms with Crippen LogP contribution in [-0.4, -0.2) is 36.0 Å². The molecule has 0 amide bonds. The molecule has 104 valence electrons. The van der Waals surface area contributed by atoms with E-state index in [1.807, 2.05) is 0 Å². The van der Waals surface area contributed by atoms with E-state index in [1.165, 1.54) is 6.07 Å². The maximum absolute atomic E-state index is 14.3. The smallest absolute Gasteiger partial charge is 0.138 e. The fourth-order valence-corrected chi connectivity index (χ4v) is 2.30. The van der Waals surface area contributed by atoms with E-state index < -0.39 is 5.82 Å². The number of halogens is 1. The van der Waals surface area contributed by atoms with Crippen LogP contribution >= 0.6 is 0 Å². The lowest BCUT2D eigenvalue weighted by atomic mass is 10.0. The second-order valence-electron chi connectivity index (χ2n) is 5.48. The molecule has 0 unspecified atom stereocenters. The van der Waals surface area contributed by atoms with E-state index in [2.05, 4.69) is 18.7 Å². The number of nitrogen functional groups attached to an aromatic ring is 1. The Morgan fingerprint density at radius 3 is 2.89 bits per heavy atom. The highest BCUT2D eigenvalue weighted by Crippen LogP contribution is 2.23. The minimum Gasteiger partial charge on any atom is -0.384 e. The third-order valence-corrected chi connectivity index (χ3v) is 3.55. The van der Waals surface area contributed by atoms with E-state index in [0.717, 1.165) is 6.54 Å². The zero-order valence-electron chi connectivity index (χ0n) is 11.4. The average Bonchev–Trinajstić information content (AvgIpc) is 2.33. The van der Waals surface area contributed by atoms with Gasteiger partial charge in [-0.15, -0.1) is 0 Å². The number of morpholine rings is 1. The number of ether oxygens (including phenoxy) is 1. The van der Waals surface area contributed by atoms with Gasteiger partial charge in [-0.05, 0) is 19.9 Å². The molecule has 0 bridgehead atoms. The molecule has 0 saturated carbocycles. The van der Waals surface area contributed by atoms with Gasteiger partial charge in [-0.25, -0.2) is 4.39 Å². The monoisotopic (exact) mass is 265 g/mol. The fourth-order valence-electron chi connectivity index (χ4n) is 2.30. The minimum atomic E-state index is -0.391. The Balaban J connectivity index is 2.23. The van der Waals surface area contributed by atoms with Crippen LogP contribution in [0, 0.1) is 11.2 Å². The summed E-state index contributed by atoms with van der Waals surface area (Å²) < 4.78 is 19.7. The number of nitrogens with zero attached hydrogens (tertiary/aromatic N) is 1. The number of benzene rings is 1. The van der Waals surface area contributed by atoms with Crippen molar-refractivity contribution in [2.24, 2.45) is 5.73 Å². The quantitative estimate of drug-likeness (QED) is 0.646. The molecule has 0 atom stereocenters. The van der Waals surface area contributed by atoms with Crippen molar-refractivity contribution in [1.29, 1.82) is 5.41 Å². The lowest BCUT2D eigenvalue weighted by molar-refractivity contribution is -0.0556. The molecule has 1 aliphatic rings. The van der Waals surface area contributed by atoms with Crippen LogP contribution in [0.5, 0.6) is 0 Å². The number of nitrogens with two attached hydrogens (primary N) is 1. The average molecular weight is 265 g/mol. The molecule has 0 aromatic heterocycles. The zero-order chi connectivity index (χ0) is 14.0. The highest BCUT2D eigenvalue weighted by Gasteiger charge is 2.31. The lowest BCUT2D eigenvalue weighted by Crippen LogP contribution is -2.52. The van der Waals surface area contributed by atoms with Crippen LogP contribution in [0.1, 0.15) is 25.0 Å². The van der Waals surface area contributed by atoms with Gasteiger partial charge in [0, 0.05) is 24.2 Å². The van der Waals surface area contributed by atoms with Crippen molar-refractivity contribution >= 4 is 5.84 Å². The third kappa shape index (κ3) is 2.93. The van der Waals surface area contributed by atoms with Crippen LogP contribution in [0.3, 0.4) is 0 Å². The van der Waals surface area contributed by atoms with Gasteiger partial charge in [-0.2, -0.15) is 0 Å². The summed E-state index contributed by atoms with van der Waals surface area (Å²) in [4.78, 5) is 2.19. The lowest BCUT2D eigenvalue weighted by Gasteiger charge is -2.42. The molecule has 1 aromatic rings. The molecule has 3 N–H and O–H groups in total. The first kappa shape index (κ1) is 14.0. The normalized spacial score (nSPS) is 19.3. The molecule has 5 heteroatoms. The zero-order valence-corrected chi connectivity index (χ0v) is 11.4. The molecule has 19 heavy (non-hydrogen) atoms. The van der Waals surface area contributed by atoms with Crippen LogP contribution in [0.15, 0.2) is 18.2 Å². The van der Waals surface area contributed by atoms with E-state index >= 15 is 0 Å². The third-order valence-electron chi connectivity index (χ3n) is 3.55. The summed E-state index contributed by atoms with van der Waals surface area (Å²) in [6.07, 6.45) is 0. The van der Waals surface area contributed by atoms with Gasteiger partial charge in [-0.1, -0.05) is 12.1 Å². The van der Waals surface area contributed by atoms with Crippen molar-refractivity contribution in [3.8, 4) is 0 Å². The summed E-state index contributed by atoms with van der Waals surface area (Å²) in [5.41, 5.74) is 6.01. The Morgan fingerprint density at radius 2 is 2.26 bits per heavy atom. The Hall–Kier alpha value is -1.46. The predicted octanol–water partition coefficient (Wildman–Crippen LogP) is 1.72. The number of hydrogen-bond donors (Lipinski definition) is 2. The second-order valence-corrected chi connectivity index (χ2v) is 5.48. The molecule has 1 aromatic carbocycles. The van der Waals surface area contributed by atoms with Gasteiger partial charge in [0.05, 0.1) is 18.8 Å². The Bertz CT molecular complexity index is 488. The first-order chi connectivity index (χ1) is 8.92. The van der Waals surface area contributed by atoms with Gasteiger partial charge >= 0.3 is 0 Å². The number of amidine groups is 1. The van der Waals surface area contributed by atoms with Crippen molar-refractivity contribution < 1.29 is 9.13 Å². The maximum atomic E-state index is 14.3. The van der Waals surface area contributed by atoms with Gasteiger partial charge in [0.15, 0.2) is 0 Å².